The Bertz CT molecular complexity index is 351. The first kappa shape index (κ1) is 16.2. The molecule has 0 spiro atoms. The molecule has 0 amide bonds. The average Bonchev–Trinajstić information content (AvgIpc) is 2.74. The highest BCUT2D eigenvalue weighted by molar-refractivity contribution is 5.21. The molecule has 1 aromatic heterocycles. The van der Waals surface area contributed by atoms with Crippen LogP contribution >= 0.6 is 0 Å². The number of aromatic nitrogens is 2. The molecule has 0 radical (unpaired) electrons. The van der Waals surface area contributed by atoms with E-state index in [0.717, 1.165) is 13.1 Å². The maximum absolute atomic E-state index is 6.05. The Hall–Kier alpha value is -0.870. The Morgan fingerprint density at radius 2 is 1.84 bits per heavy atom. The number of hydrogen-bond acceptors (Lipinski definition) is 3. The summed E-state index contributed by atoms with van der Waals surface area (Å²) in [5.41, 5.74) is 8.57. The molecule has 4 heteroatoms. The van der Waals surface area contributed by atoms with E-state index in [1.54, 1.807) is 0 Å². The number of unbranched alkanes of at least 4 members (excludes halogenated alkanes) is 2. The van der Waals surface area contributed by atoms with Crippen LogP contribution < -0.4 is 5.73 Å². The fraction of sp³-hybridized carbons (Fsp3) is 0.800. The number of nitrogens with zero attached hydrogens (tertiary/aromatic N) is 3. The number of aryl methyl sites for hydroxylation is 1. The van der Waals surface area contributed by atoms with Crippen LogP contribution in [0.4, 0.5) is 0 Å². The fourth-order valence-corrected chi connectivity index (χ4v) is 2.46. The van der Waals surface area contributed by atoms with Crippen molar-refractivity contribution in [1.29, 1.82) is 0 Å². The smallest absolute Gasteiger partial charge is 0.0540 e. The second-order valence-electron chi connectivity index (χ2n) is 5.30. The molecule has 1 rings (SSSR count). The standard InChI is InChI=1S/C15H30N4/c1-5-7-9-19(10-8-6-2)15(11-16)14-12-17-18(4)13(14)3/h12,15H,5-11,16H2,1-4H3. The molecule has 110 valence electrons. The molecule has 0 aliphatic carbocycles. The molecule has 0 aliphatic heterocycles. The summed E-state index contributed by atoms with van der Waals surface area (Å²) >= 11 is 0. The fourth-order valence-electron chi connectivity index (χ4n) is 2.46. The molecule has 0 aliphatic rings. The molecule has 19 heavy (non-hydrogen) atoms. The van der Waals surface area contributed by atoms with Gasteiger partial charge in [0.05, 0.1) is 12.2 Å². The SMILES string of the molecule is CCCCN(CCCC)C(CN)c1cnn(C)c1C. The van der Waals surface area contributed by atoms with Crippen LogP contribution in [-0.2, 0) is 7.05 Å². The van der Waals surface area contributed by atoms with Crippen LogP contribution in [0.3, 0.4) is 0 Å². The molecular weight excluding hydrogens is 236 g/mol. The van der Waals surface area contributed by atoms with Crippen molar-refractivity contribution in [2.45, 2.75) is 52.5 Å². The van der Waals surface area contributed by atoms with Gasteiger partial charge in [-0.3, -0.25) is 9.58 Å². The molecular formula is C15H30N4. The molecule has 0 aromatic carbocycles. The van der Waals surface area contributed by atoms with Crippen LogP contribution in [0.25, 0.3) is 0 Å². The van der Waals surface area contributed by atoms with E-state index in [4.69, 9.17) is 5.73 Å². The maximum Gasteiger partial charge on any atom is 0.0540 e. The molecule has 1 aromatic rings. The molecule has 1 unspecified atom stereocenters. The predicted molar refractivity (Wildman–Crippen MR) is 81.1 cm³/mol. The summed E-state index contributed by atoms with van der Waals surface area (Å²) in [5.74, 6) is 0. The Morgan fingerprint density at radius 1 is 1.26 bits per heavy atom. The first-order valence-electron chi connectivity index (χ1n) is 7.58. The van der Waals surface area contributed by atoms with Gasteiger partial charge in [0.1, 0.15) is 0 Å². The first-order valence-corrected chi connectivity index (χ1v) is 7.58. The zero-order valence-corrected chi connectivity index (χ0v) is 13.0. The number of rotatable bonds is 9. The predicted octanol–water partition coefficient (Wildman–Crippen LogP) is 2.63. The lowest BCUT2D eigenvalue weighted by atomic mass is 10.1. The van der Waals surface area contributed by atoms with Gasteiger partial charge in [0.2, 0.25) is 0 Å². The van der Waals surface area contributed by atoms with Gasteiger partial charge in [0.15, 0.2) is 0 Å². The van der Waals surface area contributed by atoms with E-state index in [-0.39, 0.29) is 0 Å². The Kier molecular flexibility index (Phi) is 7.10. The molecule has 0 fully saturated rings. The lowest BCUT2D eigenvalue weighted by Gasteiger charge is -2.31. The highest BCUT2D eigenvalue weighted by Crippen LogP contribution is 2.23. The van der Waals surface area contributed by atoms with Crippen molar-refractivity contribution in [1.82, 2.24) is 14.7 Å². The average molecular weight is 266 g/mol. The van der Waals surface area contributed by atoms with E-state index in [0.29, 0.717) is 12.6 Å². The largest absolute Gasteiger partial charge is 0.329 e. The number of nitrogens with two attached hydrogens (primary N) is 1. The molecule has 2 N–H and O–H groups in total. The van der Waals surface area contributed by atoms with Gasteiger partial charge in [-0.2, -0.15) is 5.10 Å². The van der Waals surface area contributed by atoms with Crippen LogP contribution in [0.1, 0.15) is 56.8 Å². The molecule has 0 saturated heterocycles. The van der Waals surface area contributed by atoms with E-state index in [1.807, 2.05) is 17.9 Å². The van der Waals surface area contributed by atoms with Gasteiger partial charge < -0.3 is 5.73 Å². The van der Waals surface area contributed by atoms with Gasteiger partial charge in [0, 0.05) is 24.8 Å². The summed E-state index contributed by atoms with van der Waals surface area (Å²) in [6, 6.07) is 0.312. The van der Waals surface area contributed by atoms with Gasteiger partial charge in [-0.15, -0.1) is 0 Å². The van der Waals surface area contributed by atoms with E-state index in [1.165, 1.54) is 36.9 Å². The van der Waals surface area contributed by atoms with Crippen molar-refractivity contribution >= 4 is 0 Å². The Morgan fingerprint density at radius 3 is 2.21 bits per heavy atom. The van der Waals surface area contributed by atoms with Gasteiger partial charge in [-0.05, 0) is 32.9 Å². The lowest BCUT2D eigenvalue weighted by molar-refractivity contribution is 0.195. The van der Waals surface area contributed by atoms with Crippen LogP contribution in [-0.4, -0.2) is 34.3 Å². The normalized spacial score (nSPS) is 13.2. The molecule has 0 bridgehead atoms. The highest BCUT2D eigenvalue weighted by Gasteiger charge is 2.21. The highest BCUT2D eigenvalue weighted by atomic mass is 15.3. The summed E-state index contributed by atoms with van der Waals surface area (Å²) < 4.78 is 1.94. The summed E-state index contributed by atoms with van der Waals surface area (Å²) in [4.78, 5) is 2.54. The molecule has 4 nitrogen and oxygen atoms in total. The van der Waals surface area contributed by atoms with Crippen LogP contribution in [0.15, 0.2) is 6.20 Å². The van der Waals surface area contributed by atoms with Crippen molar-refractivity contribution in [3.63, 3.8) is 0 Å². The summed E-state index contributed by atoms with van der Waals surface area (Å²) in [7, 11) is 1.99. The minimum atomic E-state index is 0.312. The maximum atomic E-state index is 6.05. The van der Waals surface area contributed by atoms with Gasteiger partial charge in [-0.1, -0.05) is 26.7 Å². The molecule has 1 heterocycles. The van der Waals surface area contributed by atoms with E-state index < -0.39 is 0 Å². The minimum absolute atomic E-state index is 0.312. The van der Waals surface area contributed by atoms with Crippen molar-refractivity contribution < 1.29 is 0 Å². The van der Waals surface area contributed by atoms with Crippen LogP contribution in [0.5, 0.6) is 0 Å². The van der Waals surface area contributed by atoms with Crippen molar-refractivity contribution in [3.8, 4) is 0 Å². The summed E-state index contributed by atoms with van der Waals surface area (Å²) in [5, 5.41) is 4.36. The quantitative estimate of drug-likeness (QED) is 0.747. The molecule has 0 saturated carbocycles. The Balaban J connectivity index is 2.84. The van der Waals surface area contributed by atoms with Gasteiger partial charge >= 0.3 is 0 Å². The summed E-state index contributed by atoms with van der Waals surface area (Å²) in [6.07, 6.45) is 6.91. The lowest BCUT2D eigenvalue weighted by Crippen LogP contribution is -2.35. The second-order valence-corrected chi connectivity index (χ2v) is 5.30. The third-order valence-corrected chi connectivity index (χ3v) is 3.89. The van der Waals surface area contributed by atoms with Crippen molar-refractivity contribution in [2.24, 2.45) is 12.8 Å². The zero-order valence-electron chi connectivity index (χ0n) is 13.0. The number of hydrogen-bond donors (Lipinski definition) is 1. The molecule has 1 atom stereocenters. The third kappa shape index (κ3) is 4.32. The monoisotopic (exact) mass is 266 g/mol. The van der Waals surface area contributed by atoms with E-state index >= 15 is 0 Å². The second kappa shape index (κ2) is 8.33. The van der Waals surface area contributed by atoms with E-state index in [9.17, 15) is 0 Å². The van der Waals surface area contributed by atoms with Gasteiger partial charge in [0.25, 0.3) is 0 Å². The van der Waals surface area contributed by atoms with Crippen LogP contribution in [0.2, 0.25) is 0 Å². The third-order valence-electron chi connectivity index (χ3n) is 3.89. The van der Waals surface area contributed by atoms with Crippen LogP contribution in [0, 0.1) is 6.92 Å². The van der Waals surface area contributed by atoms with Crippen molar-refractivity contribution in [3.05, 3.63) is 17.5 Å². The van der Waals surface area contributed by atoms with E-state index in [2.05, 4.69) is 30.8 Å². The topological polar surface area (TPSA) is 47.1 Å². The van der Waals surface area contributed by atoms with Crippen molar-refractivity contribution in [2.75, 3.05) is 19.6 Å². The summed E-state index contributed by atoms with van der Waals surface area (Å²) in [6.45, 7) is 9.54. The Labute approximate surface area is 118 Å². The zero-order chi connectivity index (χ0) is 14.3. The minimum Gasteiger partial charge on any atom is -0.329 e. The first-order chi connectivity index (χ1) is 9.15. The van der Waals surface area contributed by atoms with Gasteiger partial charge in [-0.25, -0.2) is 0 Å².